The molecule has 0 fully saturated rings. The second-order valence-electron chi connectivity index (χ2n) is 3.87. The Morgan fingerprint density at radius 2 is 2.17 bits per heavy atom. The van der Waals surface area contributed by atoms with Crippen molar-refractivity contribution in [3.8, 4) is 0 Å². The zero-order chi connectivity index (χ0) is 13.7. The number of benzene rings is 1. The van der Waals surface area contributed by atoms with E-state index in [1.807, 2.05) is 25.1 Å². The first-order valence-corrected chi connectivity index (χ1v) is 6.22. The molecule has 0 spiro atoms. The largest absolute Gasteiger partial charge is 0.358 e. The molecule has 0 aliphatic carbocycles. The van der Waals surface area contributed by atoms with Gasteiger partial charge in [0.1, 0.15) is 0 Å². The average Bonchev–Trinajstić information content (AvgIpc) is 2.34. The molecule has 1 amide bonds. The van der Waals surface area contributed by atoms with E-state index in [4.69, 9.17) is 23.8 Å². The maximum atomic E-state index is 11.2. The SMILES string of the molecule is CNC(=O)CN(C)C(=S)Nc1cccc(Cl)c1C. The Morgan fingerprint density at radius 1 is 1.50 bits per heavy atom. The number of likely N-dealkylation sites (N-methyl/N-ethyl adjacent to an activating group) is 2. The summed E-state index contributed by atoms with van der Waals surface area (Å²) in [6.45, 7) is 2.12. The number of halogens is 1. The zero-order valence-corrected chi connectivity index (χ0v) is 12.2. The lowest BCUT2D eigenvalue weighted by Gasteiger charge is -2.21. The normalized spacial score (nSPS) is 9.78. The van der Waals surface area contributed by atoms with Crippen LogP contribution in [0, 0.1) is 6.92 Å². The smallest absolute Gasteiger partial charge is 0.239 e. The summed E-state index contributed by atoms with van der Waals surface area (Å²) in [5.41, 5.74) is 1.77. The molecule has 0 aliphatic heterocycles. The fourth-order valence-corrected chi connectivity index (χ4v) is 1.67. The van der Waals surface area contributed by atoms with Crippen LogP contribution >= 0.6 is 23.8 Å². The number of rotatable bonds is 3. The number of carbonyl (C=O) groups is 1. The number of amides is 1. The van der Waals surface area contributed by atoms with Crippen molar-refractivity contribution in [1.29, 1.82) is 0 Å². The molecule has 0 aromatic heterocycles. The molecule has 0 saturated carbocycles. The number of hydrogen-bond donors (Lipinski definition) is 2. The summed E-state index contributed by atoms with van der Waals surface area (Å²) in [5, 5.41) is 6.77. The lowest BCUT2D eigenvalue weighted by Crippen LogP contribution is -2.39. The van der Waals surface area contributed by atoms with E-state index in [0.717, 1.165) is 11.3 Å². The van der Waals surface area contributed by atoms with Crippen LogP contribution in [0.2, 0.25) is 5.02 Å². The van der Waals surface area contributed by atoms with E-state index in [2.05, 4.69) is 10.6 Å². The van der Waals surface area contributed by atoms with Crippen LogP contribution in [-0.4, -0.2) is 36.6 Å². The molecule has 2 N–H and O–H groups in total. The van der Waals surface area contributed by atoms with Gasteiger partial charge in [0.05, 0.1) is 6.54 Å². The quantitative estimate of drug-likeness (QED) is 0.834. The molecule has 0 atom stereocenters. The van der Waals surface area contributed by atoms with E-state index in [-0.39, 0.29) is 12.5 Å². The first kappa shape index (κ1) is 14.7. The van der Waals surface area contributed by atoms with Crippen LogP contribution in [0.25, 0.3) is 0 Å². The Labute approximate surface area is 117 Å². The Balaban J connectivity index is 2.70. The van der Waals surface area contributed by atoms with E-state index in [9.17, 15) is 4.79 Å². The minimum atomic E-state index is -0.0931. The summed E-state index contributed by atoms with van der Waals surface area (Å²) < 4.78 is 0. The second kappa shape index (κ2) is 6.56. The molecule has 0 saturated heterocycles. The summed E-state index contributed by atoms with van der Waals surface area (Å²) in [4.78, 5) is 12.9. The van der Waals surface area contributed by atoms with Crippen LogP contribution in [0.1, 0.15) is 5.56 Å². The molecule has 0 radical (unpaired) electrons. The van der Waals surface area contributed by atoms with Gasteiger partial charge >= 0.3 is 0 Å². The minimum absolute atomic E-state index is 0.0931. The van der Waals surface area contributed by atoms with Crippen LogP contribution in [0.3, 0.4) is 0 Å². The summed E-state index contributed by atoms with van der Waals surface area (Å²) in [7, 11) is 3.35. The van der Waals surface area contributed by atoms with E-state index in [1.54, 1.807) is 19.0 Å². The first-order valence-electron chi connectivity index (χ1n) is 5.43. The van der Waals surface area contributed by atoms with Gasteiger partial charge in [0, 0.05) is 24.8 Å². The summed E-state index contributed by atoms with van der Waals surface area (Å²) >= 11 is 11.2. The van der Waals surface area contributed by atoms with Crippen molar-refractivity contribution in [2.75, 3.05) is 26.0 Å². The number of thiocarbonyl (C=S) groups is 1. The number of anilines is 1. The Kier molecular flexibility index (Phi) is 5.37. The molecule has 6 heteroatoms. The minimum Gasteiger partial charge on any atom is -0.358 e. The lowest BCUT2D eigenvalue weighted by atomic mass is 10.2. The number of nitrogens with one attached hydrogen (secondary N) is 2. The van der Waals surface area contributed by atoms with Crippen LogP contribution in [0.15, 0.2) is 18.2 Å². The third kappa shape index (κ3) is 3.85. The van der Waals surface area contributed by atoms with E-state index in [1.165, 1.54) is 0 Å². The highest BCUT2D eigenvalue weighted by atomic mass is 35.5. The van der Waals surface area contributed by atoms with E-state index < -0.39 is 0 Å². The molecule has 4 nitrogen and oxygen atoms in total. The van der Waals surface area contributed by atoms with Gasteiger partial charge in [-0.1, -0.05) is 17.7 Å². The van der Waals surface area contributed by atoms with Crippen LogP contribution in [0.4, 0.5) is 5.69 Å². The standard InChI is InChI=1S/C12H16ClN3OS/c1-8-9(13)5-4-6-10(8)15-12(18)16(3)7-11(17)14-2/h4-6H,7H2,1-3H3,(H,14,17)(H,15,18). The van der Waals surface area contributed by atoms with Crippen molar-refractivity contribution in [1.82, 2.24) is 10.2 Å². The maximum absolute atomic E-state index is 11.2. The Morgan fingerprint density at radius 3 is 2.78 bits per heavy atom. The van der Waals surface area contributed by atoms with Crippen LogP contribution in [-0.2, 0) is 4.79 Å². The molecule has 0 heterocycles. The van der Waals surface area contributed by atoms with Gasteiger partial charge in [-0.3, -0.25) is 4.79 Å². The molecule has 0 bridgehead atoms. The third-order valence-corrected chi connectivity index (χ3v) is 3.34. The average molecular weight is 286 g/mol. The lowest BCUT2D eigenvalue weighted by molar-refractivity contribution is -0.120. The van der Waals surface area contributed by atoms with Gasteiger partial charge in [-0.15, -0.1) is 0 Å². The third-order valence-electron chi connectivity index (χ3n) is 2.52. The van der Waals surface area contributed by atoms with E-state index >= 15 is 0 Å². The Hall–Kier alpha value is -1.33. The molecule has 1 aromatic rings. The fourth-order valence-electron chi connectivity index (χ4n) is 1.32. The van der Waals surface area contributed by atoms with Crippen molar-refractivity contribution in [2.24, 2.45) is 0 Å². The van der Waals surface area contributed by atoms with Crippen molar-refractivity contribution in [3.05, 3.63) is 28.8 Å². The summed E-state index contributed by atoms with van der Waals surface area (Å²) in [5.74, 6) is -0.0931. The van der Waals surface area contributed by atoms with Gasteiger partial charge in [0.2, 0.25) is 5.91 Å². The monoisotopic (exact) mass is 285 g/mol. The van der Waals surface area contributed by atoms with Gasteiger partial charge in [0.25, 0.3) is 0 Å². The number of hydrogen-bond acceptors (Lipinski definition) is 2. The number of nitrogens with zero attached hydrogens (tertiary/aromatic N) is 1. The van der Waals surface area contributed by atoms with Crippen molar-refractivity contribution in [3.63, 3.8) is 0 Å². The van der Waals surface area contributed by atoms with Crippen molar-refractivity contribution in [2.45, 2.75) is 6.92 Å². The fraction of sp³-hybridized carbons (Fsp3) is 0.333. The molecule has 0 unspecified atom stereocenters. The zero-order valence-electron chi connectivity index (χ0n) is 10.6. The molecule has 1 rings (SSSR count). The molecular formula is C12H16ClN3OS. The highest BCUT2D eigenvalue weighted by Crippen LogP contribution is 2.23. The number of carbonyl (C=O) groups excluding carboxylic acids is 1. The first-order chi connectivity index (χ1) is 8.45. The molecule has 18 heavy (non-hydrogen) atoms. The highest BCUT2D eigenvalue weighted by molar-refractivity contribution is 7.80. The predicted octanol–water partition coefficient (Wildman–Crippen LogP) is 2.02. The molecule has 0 aliphatic rings. The molecule has 1 aromatic carbocycles. The topological polar surface area (TPSA) is 44.4 Å². The maximum Gasteiger partial charge on any atom is 0.239 e. The van der Waals surface area contributed by atoms with E-state index in [0.29, 0.717) is 10.1 Å². The van der Waals surface area contributed by atoms with Crippen molar-refractivity contribution >= 4 is 40.5 Å². The van der Waals surface area contributed by atoms with Gasteiger partial charge in [-0.2, -0.15) is 0 Å². The predicted molar refractivity (Wildman–Crippen MR) is 79.1 cm³/mol. The second-order valence-corrected chi connectivity index (χ2v) is 4.67. The van der Waals surface area contributed by atoms with Crippen molar-refractivity contribution < 1.29 is 4.79 Å². The highest BCUT2D eigenvalue weighted by Gasteiger charge is 2.10. The van der Waals surface area contributed by atoms with Gasteiger partial charge < -0.3 is 15.5 Å². The van der Waals surface area contributed by atoms with Crippen LogP contribution < -0.4 is 10.6 Å². The van der Waals surface area contributed by atoms with Gasteiger partial charge in [0.15, 0.2) is 5.11 Å². The molecule has 98 valence electrons. The summed E-state index contributed by atoms with van der Waals surface area (Å²) in [6, 6.07) is 5.56. The van der Waals surface area contributed by atoms with Gasteiger partial charge in [-0.25, -0.2) is 0 Å². The van der Waals surface area contributed by atoms with Crippen LogP contribution in [0.5, 0.6) is 0 Å². The summed E-state index contributed by atoms with van der Waals surface area (Å²) in [6.07, 6.45) is 0. The Bertz CT molecular complexity index is 465. The van der Waals surface area contributed by atoms with Gasteiger partial charge in [-0.05, 0) is 36.8 Å². The molecular weight excluding hydrogens is 270 g/mol.